The molecule has 1 N–H and O–H groups in total. The lowest BCUT2D eigenvalue weighted by Crippen LogP contribution is -2.25. The lowest BCUT2D eigenvalue weighted by Gasteiger charge is -2.27. The molecule has 1 aliphatic carbocycles. The van der Waals surface area contributed by atoms with E-state index in [4.69, 9.17) is 0 Å². The second kappa shape index (κ2) is 5.75. The molecule has 1 aliphatic rings. The fraction of sp³-hybridized carbons (Fsp3) is 0.450. The van der Waals surface area contributed by atoms with Gasteiger partial charge in [-0.1, -0.05) is 36.8 Å². The number of aromatic amines is 1. The van der Waals surface area contributed by atoms with E-state index in [0.29, 0.717) is 18.6 Å². The number of Topliss-reactive ketones (excluding diaryl/α,β-unsaturated/α-hetero) is 1. The van der Waals surface area contributed by atoms with Crippen molar-refractivity contribution in [3.8, 4) is 0 Å². The Bertz CT molecular complexity index is 733. The van der Waals surface area contributed by atoms with Gasteiger partial charge in [0.05, 0.1) is 0 Å². The van der Waals surface area contributed by atoms with E-state index in [9.17, 15) is 4.79 Å². The van der Waals surface area contributed by atoms with Gasteiger partial charge in [0, 0.05) is 34.9 Å². The molecule has 2 heteroatoms. The number of carbonyl (C=O) groups is 1. The minimum Gasteiger partial charge on any atom is -0.358 e. The normalized spacial score (nSPS) is 21.5. The molecule has 22 heavy (non-hydrogen) atoms. The zero-order chi connectivity index (χ0) is 15.7. The van der Waals surface area contributed by atoms with Gasteiger partial charge in [-0.15, -0.1) is 0 Å². The maximum Gasteiger partial charge on any atom is 0.134 e. The molecular formula is C20H25NO. The number of carbonyl (C=O) groups excluding carboxylic acids is 1. The first-order valence-electron chi connectivity index (χ1n) is 8.25. The quantitative estimate of drug-likeness (QED) is 0.622. The van der Waals surface area contributed by atoms with Crippen LogP contribution in [-0.2, 0) is 16.6 Å². The Kier molecular flexibility index (Phi) is 3.94. The topological polar surface area (TPSA) is 32.9 Å². The summed E-state index contributed by atoms with van der Waals surface area (Å²) >= 11 is 0. The summed E-state index contributed by atoms with van der Waals surface area (Å²) in [7, 11) is 0. The fourth-order valence-electron chi connectivity index (χ4n) is 3.74. The van der Waals surface area contributed by atoms with E-state index in [1.165, 1.54) is 27.7 Å². The third kappa shape index (κ3) is 2.75. The summed E-state index contributed by atoms with van der Waals surface area (Å²) in [6.45, 7) is 6.52. The van der Waals surface area contributed by atoms with Crippen molar-refractivity contribution in [1.82, 2.24) is 4.98 Å². The van der Waals surface area contributed by atoms with E-state index in [-0.39, 0.29) is 5.41 Å². The van der Waals surface area contributed by atoms with Crippen molar-refractivity contribution in [2.24, 2.45) is 0 Å². The maximum atomic E-state index is 12.3. The van der Waals surface area contributed by atoms with E-state index in [2.05, 4.69) is 56.1 Å². The second-order valence-electron chi connectivity index (χ2n) is 7.12. The average Bonchev–Trinajstić information content (AvgIpc) is 2.78. The Hall–Kier alpha value is -1.83. The highest BCUT2D eigenvalue weighted by Gasteiger charge is 2.35. The van der Waals surface area contributed by atoms with Gasteiger partial charge in [-0.05, 0) is 44.7 Å². The van der Waals surface area contributed by atoms with Gasteiger partial charge in [0.25, 0.3) is 0 Å². The lowest BCUT2D eigenvalue weighted by atomic mass is 9.77. The highest BCUT2D eigenvalue weighted by atomic mass is 16.1. The van der Waals surface area contributed by atoms with Gasteiger partial charge in [-0.25, -0.2) is 0 Å². The zero-order valence-corrected chi connectivity index (χ0v) is 13.8. The lowest BCUT2D eigenvalue weighted by molar-refractivity contribution is -0.120. The van der Waals surface area contributed by atoms with Crippen LogP contribution in [0.2, 0.25) is 0 Å². The van der Waals surface area contributed by atoms with Gasteiger partial charge < -0.3 is 4.98 Å². The first kappa shape index (κ1) is 15.1. The summed E-state index contributed by atoms with van der Waals surface area (Å²) in [5.41, 5.74) is 5.13. The first-order valence-corrected chi connectivity index (χ1v) is 8.25. The number of H-pyrrole nitrogens is 1. The molecule has 1 aromatic heterocycles. The van der Waals surface area contributed by atoms with Gasteiger partial charge >= 0.3 is 0 Å². The first-order chi connectivity index (χ1) is 10.5. The standard InChI is InChI=1S/C20H25NO/c1-14(2)7-6-12-20(3)13-15(22)10-11-17-16-8-4-5-9-18(16)21-19(17)20/h4-5,7-9,21H,6,10-13H2,1-3H3. The molecule has 3 rings (SSSR count). The summed E-state index contributed by atoms with van der Waals surface area (Å²) in [6, 6.07) is 8.48. The van der Waals surface area contributed by atoms with E-state index in [1.54, 1.807) is 0 Å². The van der Waals surface area contributed by atoms with E-state index in [0.717, 1.165) is 19.3 Å². The zero-order valence-electron chi connectivity index (χ0n) is 13.8. The molecule has 0 aliphatic heterocycles. The molecule has 1 aromatic carbocycles. The summed E-state index contributed by atoms with van der Waals surface area (Å²) < 4.78 is 0. The number of rotatable bonds is 3. The van der Waals surface area contributed by atoms with Crippen molar-refractivity contribution in [1.29, 1.82) is 0 Å². The number of ketones is 1. The molecule has 1 heterocycles. The number of fused-ring (bicyclic) bond motifs is 3. The molecule has 2 aromatic rings. The molecule has 0 saturated heterocycles. The number of hydrogen-bond donors (Lipinski definition) is 1. The van der Waals surface area contributed by atoms with Gasteiger partial charge in [-0.3, -0.25) is 4.79 Å². The van der Waals surface area contributed by atoms with Crippen LogP contribution in [0.4, 0.5) is 0 Å². The van der Waals surface area contributed by atoms with Crippen LogP contribution in [0.25, 0.3) is 10.9 Å². The molecule has 0 radical (unpaired) electrons. The molecule has 0 amide bonds. The summed E-state index contributed by atoms with van der Waals surface area (Å²) in [5.74, 6) is 0.397. The Morgan fingerprint density at radius 1 is 1.27 bits per heavy atom. The Morgan fingerprint density at radius 3 is 2.82 bits per heavy atom. The highest BCUT2D eigenvalue weighted by molar-refractivity contribution is 5.88. The Labute approximate surface area is 132 Å². The number of aryl methyl sites for hydroxylation is 1. The Balaban J connectivity index is 2.05. The molecule has 0 bridgehead atoms. The predicted octanol–water partition coefficient (Wildman–Crippen LogP) is 5.08. The van der Waals surface area contributed by atoms with Crippen molar-refractivity contribution < 1.29 is 4.79 Å². The van der Waals surface area contributed by atoms with Crippen LogP contribution in [0.5, 0.6) is 0 Å². The summed E-state index contributed by atoms with van der Waals surface area (Å²) in [5, 5.41) is 1.29. The van der Waals surface area contributed by atoms with Crippen LogP contribution in [0.3, 0.4) is 0 Å². The van der Waals surface area contributed by atoms with Crippen molar-refractivity contribution in [3.05, 3.63) is 47.2 Å². The average molecular weight is 295 g/mol. The van der Waals surface area contributed by atoms with Gasteiger partial charge in [0.15, 0.2) is 0 Å². The number of aromatic nitrogens is 1. The van der Waals surface area contributed by atoms with Crippen molar-refractivity contribution in [2.75, 3.05) is 0 Å². The van der Waals surface area contributed by atoms with Crippen molar-refractivity contribution in [3.63, 3.8) is 0 Å². The third-order valence-corrected chi connectivity index (χ3v) is 4.91. The molecule has 0 spiro atoms. The second-order valence-corrected chi connectivity index (χ2v) is 7.12. The molecule has 1 unspecified atom stereocenters. The van der Waals surface area contributed by atoms with Crippen molar-refractivity contribution in [2.45, 2.75) is 58.3 Å². The van der Waals surface area contributed by atoms with Crippen LogP contribution in [0, 0.1) is 0 Å². The van der Waals surface area contributed by atoms with Crippen LogP contribution in [0.15, 0.2) is 35.9 Å². The minimum atomic E-state index is -0.0755. The summed E-state index contributed by atoms with van der Waals surface area (Å²) in [6.07, 6.45) is 6.53. The third-order valence-electron chi connectivity index (χ3n) is 4.91. The smallest absolute Gasteiger partial charge is 0.134 e. The molecule has 1 atom stereocenters. The molecule has 0 saturated carbocycles. The molecular weight excluding hydrogens is 270 g/mol. The number of allylic oxidation sites excluding steroid dienone is 2. The number of benzene rings is 1. The van der Waals surface area contributed by atoms with Crippen molar-refractivity contribution >= 4 is 16.7 Å². The largest absolute Gasteiger partial charge is 0.358 e. The molecule has 0 fully saturated rings. The van der Waals surface area contributed by atoms with Crippen LogP contribution in [-0.4, -0.2) is 10.8 Å². The summed E-state index contributed by atoms with van der Waals surface area (Å²) in [4.78, 5) is 15.9. The maximum absolute atomic E-state index is 12.3. The monoisotopic (exact) mass is 295 g/mol. The van der Waals surface area contributed by atoms with Crippen LogP contribution < -0.4 is 0 Å². The molecule has 116 valence electrons. The molecule has 2 nitrogen and oxygen atoms in total. The SMILES string of the molecule is CC(C)=CCCC1(C)CC(=O)CCc2c1[nH]c1ccccc21. The van der Waals surface area contributed by atoms with Crippen LogP contribution >= 0.6 is 0 Å². The van der Waals surface area contributed by atoms with Crippen LogP contribution in [0.1, 0.15) is 57.7 Å². The predicted molar refractivity (Wildman–Crippen MR) is 92.3 cm³/mol. The van der Waals surface area contributed by atoms with E-state index >= 15 is 0 Å². The minimum absolute atomic E-state index is 0.0755. The number of para-hydroxylation sites is 1. The van der Waals surface area contributed by atoms with E-state index < -0.39 is 0 Å². The fourth-order valence-corrected chi connectivity index (χ4v) is 3.74. The highest BCUT2D eigenvalue weighted by Crippen LogP contribution is 2.41. The number of nitrogens with one attached hydrogen (secondary N) is 1. The van der Waals surface area contributed by atoms with Gasteiger partial charge in [0.2, 0.25) is 0 Å². The van der Waals surface area contributed by atoms with E-state index in [1.807, 2.05) is 0 Å². The number of hydrogen-bond acceptors (Lipinski definition) is 1. The van der Waals surface area contributed by atoms with Gasteiger partial charge in [0.1, 0.15) is 5.78 Å². The Morgan fingerprint density at radius 2 is 2.05 bits per heavy atom. The van der Waals surface area contributed by atoms with Gasteiger partial charge in [-0.2, -0.15) is 0 Å².